The molecule has 3 nitrogen and oxygen atoms in total. The minimum Gasteiger partial charge on any atom is -0.308 e. The van der Waals surface area contributed by atoms with Crippen molar-refractivity contribution in [1.29, 1.82) is 0 Å². The van der Waals surface area contributed by atoms with E-state index in [2.05, 4.69) is 113 Å². The van der Waals surface area contributed by atoms with Gasteiger partial charge in [0.15, 0.2) is 0 Å². The summed E-state index contributed by atoms with van der Waals surface area (Å²) >= 11 is 3.66. The summed E-state index contributed by atoms with van der Waals surface area (Å²) in [5.74, 6) is 0. The molecule has 0 amide bonds. The molecule has 0 spiro atoms. The molecular weight excluding hydrogens is 515 g/mol. The number of hydrogen-bond donors (Lipinski definition) is 0. The second kappa shape index (κ2) is 7.96. The molecule has 9 rings (SSSR count). The second-order valence-electron chi connectivity index (χ2n) is 9.84. The first-order chi connectivity index (χ1) is 19.4. The highest BCUT2D eigenvalue weighted by atomic mass is 32.1. The van der Waals surface area contributed by atoms with E-state index in [1.165, 1.54) is 63.2 Å². The lowest BCUT2D eigenvalue weighted by Gasteiger charge is -2.10. The molecule has 0 saturated carbocycles. The third-order valence-corrected chi connectivity index (χ3v) is 10.1. The van der Waals surface area contributed by atoms with Gasteiger partial charge in [0.05, 0.1) is 15.7 Å². The number of benzene rings is 5. The maximum absolute atomic E-state index is 4.69. The van der Waals surface area contributed by atoms with E-state index in [4.69, 9.17) is 4.98 Å². The molecule has 4 aromatic heterocycles. The average molecular weight is 534 g/mol. The Morgan fingerprint density at radius 3 is 2.18 bits per heavy atom. The molecular formula is C34H19N3S2. The van der Waals surface area contributed by atoms with Gasteiger partial charge in [0.25, 0.3) is 0 Å². The summed E-state index contributed by atoms with van der Waals surface area (Å²) in [6, 6.07) is 37.2. The lowest BCUT2D eigenvalue weighted by atomic mass is 10.0. The summed E-state index contributed by atoms with van der Waals surface area (Å²) in [5, 5.41) is 7.63. The van der Waals surface area contributed by atoms with Crippen molar-refractivity contribution in [2.45, 2.75) is 0 Å². The fourth-order valence-corrected chi connectivity index (χ4v) is 8.61. The molecule has 0 atom stereocenters. The van der Waals surface area contributed by atoms with Crippen LogP contribution >= 0.6 is 22.7 Å². The average Bonchev–Trinajstić information content (AvgIpc) is 3.67. The quantitative estimate of drug-likeness (QED) is 0.221. The van der Waals surface area contributed by atoms with E-state index in [0.29, 0.717) is 0 Å². The SMILES string of the molecule is c1ccc(-c2ccc(-n3c4ccccc4c4c5c6ccccc6sc5c5c6cncnc6sc5c43)cc2)cc1. The Balaban J connectivity index is 1.50. The number of fused-ring (bicyclic) bond motifs is 12. The van der Waals surface area contributed by atoms with E-state index >= 15 is 0 Å². The zero-order valence-corrected chi connectivity index (χ0v) is 22.3. The summed E-state index contributed by atoms with van der Waals surface area (Å²) < 4.78 is 6.35. The highest BCUT2D eigenvalue weighted by molar-refractivity contribution is 7.30. The van der Waals surface area contributed by atoms with Crippen LogP contribution in [0.15, 0.2) is 116 Å². The summed E-state index contributed by atoms with van der Waals surface area (Å²) in [7, 11) is 0. The highest BCUT2D eigenvalue weighted by Crippen LogP contribution is 2.51. The molecule has 9 aromatic rings. The van der Waals surface area contributed by atoms with Crippen molar-refractivity contribution in [2.75, 3.05) is 0 Å². The lowest BCUT2D eigenvalue weighted by Crippen LogP contribution is -1.94. The molecule has 182 valence electrons. The molecule has 39 heavy (non-hydrogen) atoms. The zero-order chi connectivity index (χ0) is 25.5. The molecule has 4 heterocycles. The Morgan fingerprint density at radius 2 is 1.31 bits per heavy atom. The minimum atomic E-state index is 1.03. The van der Waals surface area contributed by atoms with Gasteiger partial charge in [-0.25, -0.2) is 9.97 Å². The van der Waals surface area contributed by atoms with Gasteiger partial charge < -0.3 is 4.57 Å². The van der Waals surface area contributed by atoms with Crippen molar-refractivity contribution in [3.63, 3.8) is 0 Å². The van der Waals surface area contributed by atoms with Crippen molar-refractivity contribution in [2.24, 2.45) is 0 Å². The Labute approximate surface area is 231 Å². The number of nitrogens with zero attached hydrogens (tertiary/aromatic N) is 3. The Morgan fingerprint density at radius 1 is 0.564 bits per heavy atom. The van der Waals surface area contributed by atoms with E-state index in [-0.39, 0.29) is 0 Å². The normalized spacial score (nSPS) is 12.1. The minimum absolute atomic E-state index is 1.03. The van der Waals surface area contributed by atoms with Crippen LogP contribution < -0.4 is 0 Å². The number of thiophene rings is 2. The molecule has 0 unspecified atom stereocenters. The Bertz CT molecular complexity index is 2380. The molecule has 0 fully saturated rings. The standard InChI is InChI=1S/C34H19N3S2/c1-2-8-20(9-3-1)21-14-16-22(17-15-21)37-26-12-6-4-10-23(26)28-29-24-11-5-7-13-27(24)38-32(29)30-25-18-35-19-36-34(25)39-33(30)31(28)37/h1-19H. The Hall–Kier alpha value is -4.58. The van der Waals surface area contributed by atoms with Crippen LogP contribution in [-0.4, -0.2) is 14.5 Å². The summed E-state index contributed by atoms with van der Waals surface area (Å²) in [5.41, 5.74) is 6.06. The van der Waals surface area contributed by atoms with Gasteiger partial charge in [-0.2, -0.15) is 0 Å². The number of hydrogen-bond acceptors (Lipinski definition) is 4. The predicted octanol–water partition coefficient (Wildman–Crippen LogP) is 9.98. The Kier molecular flexibility index (Phi) is 4.36. The van der Waals surface area contributed by atoms with Crippen molar-refractivity contribution in [3.05, 3.63) is 116 Å². The first-order valence-corrected chi connectivity index (χ1v) is 14.5. The van der Waals surface area contributed by atoms with Gasteiger partial charge in [-0.1, -0.05) is 78.9 Å². The van der Waals surface area contributed by atoms with Crippen LogP contribution in [0, 0.1) is 0 Å². The van der Waals surface area contributed by atoms with Gasteiger partial charge in [-0.15, -0.1) is 22.7 Å². The first-order valence-electron chi connectivity index (χ1n) is 12.9. The number of aromatic nitrogens is 3. The third-order valence-electron chi connectivity index (χ3n) is 7.77. The summed E-state index contributed by atoms with van der Waals surface area (Å²) in [6.45, 7) is 0. The van der Waals surface area contributed by atoms with E-state index in [1.807, 2.05) is 17.5 Å². The largest absolute Gasteiger partial charge is 0.308 e. The number of para-hydroxylation sites is 1. The smallest absolute Gasteiger partial charge is 0.127 e. The van der Waals surface area contributed by atoms with Crippen molar-refractivity contribution >= 4 is 85.0 Å². The van der Waals surface area contributed by atoms with E-state index in [9.17, 15) is 0 Å². The van der Waals surface area contributed by atoms with Crippen LogP contribution in [0.4, 0.5) is 0 Å². The van der Waals surface area contributed by atoms with Gasteiger partial charge in [0.1, 0.15) is 11.2 Å². The number of rotatable bonds is 2. The molecule has 0 aliphatic heterocycles. The van der Waals surface area contributed by atoms with Crippen LogP contribution in [0.25, 0.3) is 79.1 Å². The van der Waals surface area contributed by atoms with E-state index in [1.54, 1.807) is 17.7 Å². The fraction of sp³-hybridized carbons (Fsp3) is 0. The van der Waals surface area contributed by atoms with Crippen LogP contribution in [0.5, 0.6) is 0 Å². The molecule has 0 bridgehead atoms. The molecule has 0 N–H and O–H groups in total. The van der Waals surface area contributed by atoms with Crippen molar-refractivity contribution in [3.8, 4) is 16.8 Å². The fourth-order valence-electron chi connectivity index (χ4n) is 6.11. The maximum Gasteiger partial charge on any atom is 0.127 e. The van der Waals surface area contributed by atoms with Gasteiger partial charge in [0, 0.05) is 53.6 Å². The second-order valence-corrected chi connectivity index (χ2v) is 11.9. The topological polar surface area (TPSA) is 30.7 Å². The van der Waals surface area contributed by atoms with E-state index < -0.39 is 0 Å². The monoisotopic (exact) mass is 533 g/mol. The zero-order valence-electron chi connectivity index (χ0n) is 20.6. The lowest BCUT2D eigenvalue weighted by molar-refractivity contribution is 1.19. The van der Waals surface area contributed by atoms with E-state index in [0.717, 1.165) is 15.9 Å². The van der Waals surface area contributed by atoms with Crippen molar-refractivity contribution in [1.82, 2.24) is 14.5 Å². The maximum atomic E-state index is 4.69. The molecule has 5 aromatic carbocycles. The van der Waals surface area contributed by atoms with Crippen LogP contribution in [0.3, 0.4) is 0 Å². The van der Waals surface area contributed by atoms with Crippen LogP contribution in [0.2, 0.25) is 0 Å². The molecule has 5 heteroatoms. The van der Waals surface area contributed by atoms with Gasteiger partial charge in [0.2, 0.25) is 0 Å². The van der Waals surface area contributed by atoms with Crippen molar-refractivity contribution < 1.29 is 0 Å². The molecule has 0 saturated heterocycles. The van der Waals surface area contributed by atoms with Crippen LogP contribution in [0.1, 0.15) is 0 Å². The molecule has 0 aliphatic rings. The highest BCUT2D eigenvalue weighted by Gasteiger charge is 2.24. The van der Waals surface area contributed by atoms with Crippen LogP contribution in [-0.2, 0) is 0 Å². The first kappa shape index (κ1) is 21.4. The van der Waals surface area contributed by atoms with Gasteiger partial charge in [-0.3, -0.25) is 0 Å². The van der Waals surface area contributed by atoms with Gasteiger partial charge >= 0.3 is 0 Å². The predicted molar refractivity (Wildman–Crippen MR) is 168 cm³/mol. The summed E-state index contributed by atoms with van der Waals surface area (Å²) in [4.78, 5) is 10.2. The summed E-state index contributed by atoms with van der Waals surface area (Å²) in [6.07, 6.45) is 3.65. The third kappa shape index (κ3) is 2.91. The van der Waals surface area contributed by atoms with Gasteiger partial charge in [-0.05, 0) is 35.4 Å². The molecule has 0 aliphatic carbocycles. The molecule has 0 radical (unpaired) electrons.